The average molecular weight is 477 g/mol. The Morgan fingerprint density at radius 2 is 1.94 bits per heavy atom. The second-order valence-electron chi connectivity index (χ2n) is 7.16. The van der Waals surface area contributed by atoms with E-state index in [1.807, 2.05) is 0 Å². The van der Waals surface area contributed by atoms with E-state index >= 15 is 0 Å². The number of halogens is 1. The number of nitrogens with zero attached hydrogens (tertiary/aromatic N) is 3. The largest absolute Gasteiger partial charge is 0.483 e. The number of ether oxygens (including phenoxy) is 1. The van der Waals surface area contributed by atoms with E-state index in [0.29, 0.717) is 10.2 Å². The lowest BCUT2D eigenvalue weighted by Crippen LogP contribution is -2.32. The molecule has 0 unspecified atom stereocenters. The molecule has 0 saturated carbocycles. The molecular formula is C23H16FN5O6. The third-order valence-electron chi connectivity index (χ3n) is 4.77. The number of fused-ring (bicyclic) bond motifs is 1. The highest BCUT2D eigenvalue weighted by Crippen LogP contribution is 2.23. The number of hydrogen-bond donors (Lipinski definition) is 2. The number of aromatic amines is 1. The van der Waals surface area contributed by atoms with Crippen molar-refractivity contribution in [2.45, 2.75) is 0 Å². The van der Waals surface area contributed by atoms with E-state index in [1.165, 1.54) is 30.3 Å². The van der Waals surface area contributed by atoms with Crippen LogP contribution < -0.4 is 21.3 Å². The SMILES string of the molecule is O=C(COc1ccc([N+](=O)[O-])cc1C=Nn1c(=O)[nH]c2ccccc2c1=O)Nc1cccc(F)c1. The van der Waals surface area contributed by atoms with Crippen LogP contribution in [0.25, 0.3) is 10.9 Å². The lowest BCUT2D eigenvalue weighted by molar-refractivity contribution is -0.384. The van der Waals surface area contributed by atoms with Gasteiger partial charge in [0.15, 0.2) is 6.61 Å². The summed E-state index contributed by atoms with van der Waals surface area (Å²) >= 11 is 0. The summed E-state index contributed by atoms with van der Waals surface area (Å²) in [5.41, 5.74) is -1.22. The molecule has 0 saturated heterocycles. The predicted octanol–water partition coefficient (Wildman–Crippen LogP) is 2.64. The lowest BCUT2D eigenvalue weighted by Gasteiger charge is -2.10. The molecule has 0 radical (unpaired) electrons. The monoisotopic (exact) mass is 477 g/mol. The van der Waals surface area contributed by atoms with E-state index in [1.54, 1.807) is 18.2 Å². The minimum atomic E-state index is -0.813. The van der Waals surface area contributed by atoms with Crippen molar-refractivity contribution in [2.75, 3.05) is 11.9 Å². The van der Waals surface area contributed by atoms with Gasteiger partial charge in [-0.3, -0.25) is 19.7 Å². The number of hydrogen-bond acceptors (Lipinski definition) is 7. The van der Waals surface area contributed by atoms with Crippen molar-refractivity contribution >= 4 is 34.4 Å². The van der Waals surface area contributed by atoms with Gasteiger partial charge < -0.3 is 15.0 Å². The third kappa shape index (κ3) is 5.27. The quantitative estimate of drug-likeness (QED) is 0.237. The van der Waals surface area contributed by atoms with Gasteiger partial charge in [0.05, 0.1) is 22.0 Å². The molecule has 1 aromatic heterocycles. The molecule has 4 aromatic rings. The molecule has 0 aliphatic carbocycles. The standard InChI is InChI=1S/C23H16FN5O6/c24-15-4-3-5-16(11-15)26-21(30)13-35-20-9-8-17(29(33)34)10-14(20)12-25-28-22(31)18-6-1-2-7-19(18)27-23(28)32/h1-12H,13H2,(H,26,30)(H,27,32). The van der Waals surface area contributed by atoms with Gasteiger partial charge in [-0.2, -0.15) is 5.10 Å². The lowest BCUT2D eigenvalue weighted by atomic mass is 10.2. The number of anilines is 1. The smallest absolute Gasteiger partial charge is 0.349 e. The molecule has 1 heterocycles. The first-order valence-corrected chi connectivity index (χ1v) is 10.1. The van der Waals surface area contributed by atoms with E-state index < -0.39 is 34.5 Å². The predicted molar refractivity (Wildman–Crippen MR) is 125 cm³/mol. The number of nitro groups is 1. The molecule has 1 amide bonds. The minimum Gasteiger partial charge on any atom is -0.483 e. The number of rotatable bonds is 7. The first-order chi connectivity index (χ1) is 16.8. The summed E-state index contributed by atoms with van der Waals surface area (Å²) in [6.07, 6.45) is 1.04. The average Bonchev–Trinajstić information content (AvgIpc) is 2.83. The zero-order valence-corrected chi connectivity index (χ0v) is 17.8. The number of amides is 1. The number of benzene rings is 3. The van der Waals surface area contributed by atoms with Gasteiger partial charge in [0, 0.05) is 23.4 Å². The number of carbonyl (C=O) groups excluding carboxylic acids is 1. The molecule has 2 N–H and O–H groups in total. The Labute approximate surface area is 195 Å². The van der Waals surface area contributed by atoms with Crippen molar-refractivity contribution in [3.05, 3.63) is 109 Å². The summed E-state index contributed by atoms with van der Waals surface area (Å²) < 4.78 is 19.3. The van der Waals surface area contributed by atoms with Crippen LogP contribution in [-0.2, 0) is 4.79 Å². The highest BCUT2D eigenvalue weighted by atomic mass is 19.1. The fourth-order valence-electron chi connectivity index (χ4n) is 3.17. The summed E-state index contributed by atoms with van der Waals surface area (Å²) in [4.78, 5) is 50.2. The van der Waals surface area contributed by atoms with Crippen molar-refractivity contribution in [1.29, 1.82) is 0 Å². The van der Waals surface area contributed by atoms with Crippen molar-refractivity contribution in [2.24, 2.45) is 5.10 Å². The number of carbonyl (C=O) groups is 1. The summed E-state index contributed by atoms with van der Waals surface area (Å²) in [5.74, 6) is -1.12. The Morgan fingerprint density at radius 1 is 1.14 bits per heavy atom. The van der Waals surface area contributed by atoms with E-state index in [0.717, 1.165) is 24.4 Å². The fraction of sp³-hybridized carbons (Fsp3) is 0.0435. The van der Waals surface area contributed by atoms with Crippen molar-refractivity contribution < 1.29 is 18.8 Å². The zero-order chi connectivity index (χ0) is 24.9. The maximum Gasteiger partial charge on any atom is 0.349 e. The maximum absolute atomic E-state index is 13.3. The molecule has 176 valence electrons. The molecule has 11 nitrogen and oxygen atoms in total. The molecule has 4 rings (SSSR count). The van der Waals surface area contributed by atoms with Gasteiger partial charge in [0.25, 0.3) is 17.2 Å². The molecule has 3 aromatic carbocycles. The molecule has 0 spiro atoms. The van der Waals surface area contributed by atoms with Gasteiger partial charge in [-0.05, 0) is 36.4 Å². The van der Waals surface area contributed by atoms with Crippen LogP contribution in [0.4, 0.5) is 15.8 Å². The van der Waals surface area contributed by atoms with Crippen LogP contribution in [0.2, 0.25) is 0 Å². The van der Waals surface area contributed by atoms with E-state index in [4.69, 9.17) is 4.74 Å². The van der Waals surface area contributed by atoms with Crippen molar-refractivity contribution in [3.8, 4) is 5.75 Å². The summed E-state index contributed by atoms with van der Waals surface area (Å²) in [7, 11) is 0. The van der Waals surface area contributed by atoms with Gasteiger partial charge in [0.2, 0.25) is 0 Å². The van der Waals surface area contributed by atoms with Crippen LogP contribution >= 0.6 is 0 Å². The number of para-hydroxylation sites is 1. The molecule has 12 heteroatoms. The van der Waals surface area contributed by atoms with Crippen LogP contribution in [0, 0.1) is 15.9 Å². The van der Waals surface area contributed by atoms with Gasteiger partial charge in [-0.25, -0.2) is 9.18 Å². The van der Waals surface area contributed by atoms with E-state index in [-0.39, 0.29) is 28.1 Å². The number of non-ortho nitro benzene ring substituents is 1. The van der Waals surface area contributed by atoms with Crippen molar-refractivity contribution in [1.82, 2.24) is 9.66 Å². The second kappa shape index (κ2) is 9.79. The molecule has 35 heavy (non-hydrogen) atoms. The molecule has 0 bridgehead atoms. The van der Waals surface area contributed by atoms with E-state index in [2.05, 4.69) is 15.4 Å². The minimum absolute atomic E-state index is 0.0269. The van der Waals surface area contributed by atoms with Gasteiger partial charge in [-0.15, -0.1) is 4.68 Å². The number of aromatic nitrogens is 2. The molecular weight excluding hydrogens is 461 g/mol. The first kappa shape index (κ1) is 23.0. The van der Waals surface area contributed by atoms with Crippen LogP contribution in [0.1, 0.15) is 5.56 Å². The van der Waals surface area contributed by atoms with E-state index in [9.17, 15) is 28.9 Å². The van der Waals surface area contributed by atoms with Gasteiger partial charge in [0.1, 0.15) is 11.6 Å². The summed E-state index contributed by atoms with van der Waals surface area (Å²) in [6.45, 7) is -0.508. The molecule has 0 fully saturated rings. The summed E-state index contributed by atoms with van der Waals surface area (Å²) in [5, 5.41) is 17.8. The maximum atomic E-state index is 13.3. The topological polar surface area (TPSA) is 149 Å². The highest BCUT2D eigenvalue weighted by Gasteiger charge is 2.13. The van der Waals surface area contributed by atoms with Gasteiger partial charge >= 0.3 is 5.69 Å². The van der Waals surface area contributed by atoms with Crippen molar-refractivity contribution in [3.63, 3.8) is 0 Å². The third-order valence-corrected chi connectivity index (χ3v) is 4.77. The van der Waals surface area contributed by atoms with Crippen LogP contribution in [-0.4, -0.2) is 33.3 Å². The number of H-pyrrole nitrogens is 1. The van der Waals surface area contributed by atoms with Crippen LogP contribution in [0.3, 0.4) is 0 Å². The first-order valence-electron chi connectivity index (χ1n) is 10.1. The van der Waals surface area contributed by atoms with Gasteiger partial charge in [-0.1, -0.05) is 18.2 Å². The Hall–Kier alpha value is -5.13. The summed E-state index contributed by atoms with van der Waals surface area (Å²) in [6, 6.07) is 15.1. The Kier molecular flexibility index (Phi) is 6.44. The normalized spacial score (nSPS) is 11.0. The second-order valence-corrected chi connectivity index (χ2v) is 7.16. The van der Waals surface area contributed by atoms with Crippen LogP contribution in [0.15, 0.2) is 81.4 Å². The van der Waals surface area contributed by atoms with Crippen LogP contribution in [0.5, 0.6) is 5.75 Å². The Bertz CT molecular complexity index is 1590. The molecule has 0 atom stereocenters. The number of nitro benzene ring substituents is 1. The molecule has 0 aliphatic rings. The Morgan fingerprint density at radius 3 is 2.71 bits per heavy atom. The fourth-order valence-corrected chi connectivity index (χ4v) is 3.17. The number of nitrogens with one attached hydrogen (secondary N) is 2. The highest BCUT2D eigenvalue weighted by molar-refractivity contribution is 5.92. The zero-order valence-electron chi connectivity index (χ0n) is 17.8. The molecule has 0 aliphatic heterocycles. The Balaban J connectivity index is 1.61.